The van der Waals surface area contributed by atoms with Gasteiger partial charge in [0.25, 0.3) is 0 Å². The van der Waals surface area contributed by atoms with Crippen molar-refractivity contribution < 1.29 is 9.90 Å². The molecule has 1 aliphatic carbocycles. The molecular weight excluding hydrogens is 250 g/mol. The summed E-state index contributed by atoms with van der Waals surface area (Å²) in [4.78, 5) is 14.2. The lowest BCUT2D eigenvalue weighted by atomic mass is 9.69. The van der Waals surface area contributed by atoms with Crippen molar-refractivity contribution in [3.8, 4) is 0 Å². The quantitative estimate of drug-likeness (QED) is 0.898. The molecule has 0 atom stereocenters. The Labute approximate surface area is 120 Å². The van der Waals surface area contributed by atoms with E-state index in [-0.39, 0.29) is 0 Å². The molecule has 1 fully saturated rings. The molecule has 20 heavy (non-hydrogen) atoms. The molecule has 1 N–H and O–H groups in total. The number of anilines is 1. The molecule has 1 aromatic carbocycles. The van der Waals surface area contributed by atoms with Crippen LogP contribution < -0.4 is 4.90 Å². The Kier molecular flexibility index (Phi) is 3.45. The number of hydrogen-bond acceptors (Lipinski definition) is 2. The SMILES string of the molecule is CN1CCCc2ccc(C3(C(=O)O)CCCCC3)cc21. The third-order valence-corrected chi connectivity index (χ3v) is 5.11. The molecule has 108 valence electrons. The molecule has 3 rings (SSSR count). The average Bonchev–Trinajstić information content (AvgIpc) is 2.48. The van der Waals surface area contributed by atoms with Crippen molar-refractivity contribution in [2.24, 2.45) is 0 Å². The average molecular weight is 273 g/mol. The maximum atomic E-state index is 11.9. The summed E-state index contributed by atoms with van der Waals surface area (Å²) < 4.78 is 0. The standard InChI is InChI=1S/C17H23NO2/c1-18-11-5-6-13-7-8-14(12-15(13)18)17(16(19)20)9-3-2-4-10-17/h7-8,12H,2-6,9-11H2,1H3,(H,19,20). The van der Waals surface area contributed by atoms with E-state index in [2.05, 4.69) is 30.1 Å². The van der Waals surface area contributed by atoms with Crippen LogP contribution in [0.15, 0.2) is 18.2 Å². The van der Waals surface area contributed by atoms with Crippen molar-refractivity contribution in [1.82, 2.24) is 0 Å². The molecule has 0 unspecified atom stereocenters. The molecule has 3 nitrogen and oxygen atoms in total. The number of carboxylic acid groups (broad SMARTS) is 1. The van der Waals surface area contributed by atoms with Gasteiger partial charge in [0.05, 0.1) is 5.41 Å². The van der Waals surface area contributed by atoms with Gasteiger partial charge >= 0.3 is 5.97 Å². The summed E-state index contributed by atoms with van der Waals surface area (Å²) in [5.41, 5.74) is 2.96. The molecule has 1 saturated carbocycles. The van der Waals surface area contributed by atoms with Crippen LogP contribution in [0.1, 0.15) is 49.7 Å². The lowest BCUT2D eigenvalue weighted by Gasteiger charge is -2.36. The summed E-state index contributed by atoms with van der Waals surface area (Å²) in [7, 11) is 2.11. The Morgan fingerprint density at radius 3 is 2.65 bits per heavy atom. The van der Waals surface area contributed by atoms with Crippen LogP contribution in [-0.2, 0) is 16.6 Å². The first kappa shape index (κ1) is 13.5. The minimum absolute atomic E-state index is 0.643. The van der Waals surface area contributed by atoms with E-state index in [1.165, 1.54) is 24.1 Å². The Morgan fingerprint density at radius 1 is 1.20 bits per heavy atom. The fraction of sp³-hybridized carbons (Fsp3) is 0.588. The number of fused-ring (bicyclic) bond motifs is 1. The van der Waals surface area contributed by atoms with Gasteiger partial charge in [-0.15, -0.1) is 0 Å². The number of nitrogens with zero attached hydrogens (tertiary/aromatic N) is 1. The predicted octanol–water partition coefficient (Wildman–Crippen LogP) is 3.36. The Balaban J connectivity index is 2.04. The highest BCUT2D eigenvalue weighted by molar-refractivity contribution is 5.82. The van der Waals surface area contributed by atoms with Crippen LogP contribution in [0.2, 0.25) is 0 Å². The van der Waals surface area contributed by atoms with E-state index in [0.717, 1.165) is 44.2 Å². The molecule has 0 aromatic heterocycles. The van der Waals surface area contributed by atoms with Gasteiger partial charge in [-0.1, -0.05) is 31.4 Å². The third kappa shape index (κ3) is 2.09. The molecule has 1 aliphatic heterocycles. The summed E-state index contributed by atoms with van der Waals surface area (Å²) in [6.45, 7) is 1.07. The van der Waals surface area contributed by atoms with E-state index >= 15 is 0 Å². The van der Waals surface area contributed by atoms with Crippen molar-refractivity contribution in [2.75, 3.05) is 18.5 Å². The van der Waals surface area contributed by atoms with E-state index in [1.807, 2.05) is 0 Å². The second kappa shape index (κ2) is 5.12. The maximum absolute atomic E-state index is 11.9. The first-order valence-electron chi connectivity index (χ1n) is 7.71. The Hall–Kier alpha value is -1.51. The number of aryl methyl sites for hydroxylation is 1. The zero-order valence-electron chi connectivity index (χ0n) is 12.2. The molecule has 0 spiro atoms. The molecule has 0 radical (unpaired) electrons. The van der Waals surface area contributed by atoms with Crippen molar-refractivity contribution in [2.45, 2.75) is 50.4 Å². The lowest BCUT2D eigenvalue weighted by Crippen LogP contribution is -2.38. The van der Waals surface area contributed by atoms with Crippen molar-refractivity contribution in [3.63, 3.8) is 0 Å². The summed E-state index contributed by atoms with van der Waals surface area (Å²) >= 11 is 0. The fourth-order valence-corrected chi connectivity index (χ4v) is 3.84. The van der Waals surface area contributed by atoms with Gasteiger partial charge in [0, 0.05) is 19.3 Å². The predicted molar refractivity (Wildman–Crippen MR) is 80.4 cm³/mol. The van der Waals surface area contributed by atoms with Crippen LogP contribution in [0.3, 0.4) is 0 Å². The topological polar surface area (TPSA) is 40.5 Å². The van der Waals surface area contributed by atoms with Gasteiger partial charge in [0.1, 0.15) is 0 Å². The summed E-state index contributed by atoms with van der Waals surface area (Å²) in [5.74, 6) is -0.643. The molecule has 3 heteroatoms. The van der Waals surface area contributed by atoms with Crippen LogP contribution in [-0.4, -0.2) is 24.7 Å². The lowest BCUT2D eigenvalue weighted by molar-refractivity contribution is -0.145. The fourth-order valence-electron chi connectivity index (χ4n) is 3.84. The second-order valence-corrected chi connectivity index (χ2v) is 6.32. The van der Waals surface area contributed by atoms with E-state index < -0.39 is 11.4 Å². The van der Waals surface area contributed by atoms with Gasteiger partial charge in [-0.25, -0.2) is 0 Å². The molecule has 0 bridgehead atoms. The molecule has 1 aromatic rings. The first-order chi connectivity index (χ1) is 9.63. The Morgan fingerprint density at radius 2 is 1.95 bits per heavy atom. The molecule has 1 heterocycles. The second-order valence-electron chi connectivity index (χ2n) is 6.32. The van der Waals surface area contributed by atoms with Crippen molar-refractivity contribution in [3.05, 3.63) is 29.3 Å². The highest BCUT2D eigenvalue weighted by Gasteiger charge is 2.41. The summed E-state index contributed by atoms with van der Waals surface area (Å²) in [6, 6.07) is 6.37. The van der Waals surface area contributed by atoms with E-state index in [4.69, 9.17) is 0 Å². The highest BCUT2D eigenvalue weighted by atomic mass is 16.4. The monoisotopic (exact) mass is 273 g/mol. The number of rotatable bonds is 2. The number of aliphatic carboxylic acids is 1. The van der Waals surface area contributed by atoms with E-state index in [9.17, 15) is 9.90 Å². The van der Waals surface area contributed by atoms with Crippen LogP contribution in [0.4, 0.5) is 5.69 Å². The zero-order valence-corrected chi connectivity index (χ0v) is 12.2. The van der Waals surface area contributed by atoms with Crippen LogP contribution in [0.5, 0.6) is 0 Å². The maximum Gasteiger partial charge on any atom is 0.314 e. The van der Waals surface area contributed by atoms with Gasteiger partial charge in [-0.05, 0) is 42.9 Å². The largest absolute Gasteiger partial charge is 0.481 e. The van der Waals surface area contributed by atoms with Gasteiger partial charge in [0.15, 0.2) is 0 Å². The van der Waals surface area contributed by atoms with E-state index in [1.54, 1.807) is 0 Å². The van der Waals surface area contributed by atoms with Gasteiger partial charge in [-0.2, -0.15) is 0 Å². The summed E-state index contributed by atoms with van der Waals surface area (Å²) in [6.07, 6.45) is 7.08. The van der Waals surface area contributed by atoms with Crippen molar-refractivity contribution >= 4 is 11.7 Å². The molecule has 2 aliphatic rings. The number of carbonyl (C=O) groups is 1. The minimum atomic E-state index is -0.647. The molecule has 0 amide bonds. The Bertz CT molecular complexity index is 518. The number of hydrogen-bond donors (Lipinski definition) is 1. The van der Waals surface area contributed by atoms with Crippen LogP contribution >= 0.6 is 0 Å². The first-order valence-corrected chi connectivity index (χ1v) is 7.71. The normalized spacial score (nSPS) is 21.4. The summed E-state index contributed by atoms with van der Waals surface area (Å²) in [5, 5.41) is 9.80. The molecular formula is C17H23NO2. The number of carboxylic acids is 1. The van der Waals surface area contributed by atoms with Crippen LogP contribution in [0, 0.1) is 0 Å². The van der Waals surface area contributed by atoms with Gasteiger partial charge < -0.3 is 10.0 Å². The zero-order chi connectivity index (χ0) is 14.2. The highest BCUT2D eigenvalue weighted by Crippen LogP contribution is 2.42. The van der Waals surface area contributed by atoms with Gasteiger partial charge in [0.2, 0.25) is 0 Å². The van der Waals surface area contributed by atoms with Gasteiger partial charge in [-0.3, -0.25) is 4.79 Å². The third-order valence-electron chi connectivity index (χ3n) is 5.11. The van der Waals surface area contributed by atoms with Crippen molar-refractivity contribution in [1.29, 1.82) is 0 Å². The minimum Gasteiger partial charge on any atom is -0.481 e. The van der Waals surface area contributed by atoms with Crippen LogP contribution in [0.25, 0.3) is 0 Å². The molecule has 0 saturated heterocycles. The van der Waals surface area contributed by atoms with E-state index in [0.29, 0.717) is 0 Å². The number of benzene rings is 1. The smallest absolute Gasteiger partial charge is 0.314 e.